The number of alkyl halides is 1. The van der Waals surface area contributed by atoms with Gasteiger partial charge in [0, 0.05) is 5.88 Å². The minimum absolute atomic E-state index is 0.0643. The first-order valence-electron chi connectivity index (χ1n) is 6.84. The average Bonchev–Trinajstić information content (AvgIpc) is 2.75. The van der Waals surface area contributed by atoms with E-state index in [-0.39, 0.29) is 41.0 Å². The molecule has 0 aromatic carbocycles. The zero-order valence-electron chi connectivity index (χ0n) is 13.3. The van der Waals surface area contributed by atoms with Gasteiger partial charge in [0.2, 0.25) is 11.8 Å². The lowest BCUT2D eigenvalue weighted by Gasteiger charge is -2.19. The zero-order valence-corrected chi connectivity index (χ0v) is 14.1. The lowest BCUT2D eigenvalue weighted by molar-refractivity contribution is -0.123. The van der Waals surface area contributed by atoms with E-state index in [9.17, 15) is 14.4 Å². The maximum absolute atomic E-state index is 12.2. The molecule has 1 amide bonds. The summed E-state index contributed by atoms with van der Waals surface area (Å²) >= 11 is 5.76. The van der Waals surface area contributed by atoms with Crippen LogP contribution in [0.5, 0.6) is 0 Å². The number of aryl methyl sites for hydroxylation is 1. The number of Topliss-reactive ketones (excluding diaryl/α,β-unsaturated/α-hetero) is 1. The molecular weight excluding hydrogens is 310 g/mol. The zero-order chi connectivity index (χ0) is 17.1. The van der Waals surface area contributed by atoms with E-state index in [1.165, 1.54) is 6.92 Å². The molecule has 0 radical (unpaired) electrons. The van der Waals surface area contributed by atoms with Crippen molar-refractivity contribution < 1.29 is 23.5 Å². The summed E-state index contributed by atoms with van der Waals surface area (Å²) in [6, 6.07) is 0. The molecule has 1 heterocycles. The summed E-state index contributed by atoms with van der Waals surface area (Å²) in [4.78, 5) is 36.0. The maximum atomic E-state index is 12.2. The quantitative estimate of drug-likeness (QED) is 0.492. The second-order valence-electron chi connectivity index (χ2n) is 5.49. The van der Waals surface area contributed by atoms with Crippen LogP contribution in [0.2, 0.25) is 0 Å². The Morgan fingerprint density at radius 2 is 1.86 bits per heavy atom. The molecule has 0 aliphatic rings. The monoisotopic (exact) mass is 329 g/mol. The molecule has 1 N–H and O–H groups in total. The van der Waals surface area contributed by atoms with Gasteiger partial charge in [0.25, 0.3) is 0 Å². The number of furan rings is 1. The lowest BCUT2D eigenvalue weighted by Crippen LogP contribution is -2.32. The summed E-state index contributed by atoms with van der Waals surface area (Å²) in [5, 5.41) is 2.51. The van der Waals surface area contributed by atoms with Crippen molar-refractivity contribution in [2.75, 3.05) is 17.8 Å². The summed E-state index contributed by atoms with van der Waals surface area (Å²) in [6.45, 7) is 7.95. The van der Waals surface area contributed by atoms with Crippen LogP contribution in [0, 0.1) is 12.3 Å². The van der Waals surface area contributed by atoms with Crippen molar-refractivity contribution in [3.8, 4) is 0 Å². The summed E-state index contributed by atoms with van der Waals surface area (Å²) in [5.74, 6) is -1.24. The summed E-state index contributed by atoms with van der Waals surface area (Å²) < 4.78 is 10.3. The van der Waals surface area contributed by atoms with E-state index in [1.807, 2.05) is 0 Å². The fourth-order valence-electron chi connectivity index (χ4n) is 1.79. The van der Waals surface area contributed by atoms with Crippen molar-refractivity contribution in [1.82, 2.24) is 0 Å². The Balaban J connectivity index is 3.31. The fraction of sp³-hybridized carbons (Fsp3) is 0.533. The summed E-state index contributed by atoms with van der Waals surface area (Å²) in [6.07, 6.45) is 0. The minimum Gasteiger partial charge on any atom is -0.462 e. The molecule has 0 saturated heterocycles. The number of anilines is 1. The van der Waals surface area contributed by atoms with Crippen LogP contribution in [0.3, 0.4) is 0 Å². The van der Waals surface area contributed by atoms with E-state index in [1.54, 1.807) is 27.7 Å². The molecule has 0 aliphatic carbocycles. The predicted molar refractivity (Wildman–Crippen MR) is 82.5 cm³/mol. The smallest absolute Gasteiger partial charge is 0.344 e. The van der Waals surface area contributed by atoms with Crippen molar-refractivity contribution in [2.45, 2.75) is 34.6 Å². The molecular formula is C15H20ClNO5. The second-order valence-corrected chi connectivity index (χ2v) is 5.75. The first-order valence-corrected chi connectivity index (χ1v) is 7.38. The van der Waals surface area contributed by atoms with E-state index >= 15 is 0 Å². The molecule has 0 spiro atoms. The van der Waals surface area contributed by atoms with Gasteiger partial charge in [-0.3, -0.25) is 14.9 Å². The number of carbonyl (C=O) groups excluding carboxylic acids is 3. The summed E-state index contributed by atoms with van der Waals surface area (Å²) in [7, 11) is 0. The largest absolute Gasteiger partial charge is 0.462 e. The molecule has 22 heavy (non-hydrogen) atoms. The third-order valence-corrected chi connectivity index (χ3v) is 3.76. The number of hydrogen-bond acceptors (Lipinski definition) is 5. The highest BCUT2D eigenvalue weighted by Gasteiger charge is 2.32. The Kier molecular flexibility index (Phi) is 5.77. The Hall–Kier alpha value is -1.82. The molecule has 0 unspecified atom stereocenters. The molecule has 1 aromatic heterocycles. The standard InChI is InChI=1S/C15H20ClNO5/c1-6-21-13(19)11-10(8(2)18)9(3)22-12(11)17-14(20)15(4,5)7-16/h6-7H2,1-5H3,(H,17,20). The van der Waals surface area contributed by atoms with Gasteiger partial charge >= 0.3 is 5.97 Å². The molecule has 1 rings (SSSR count). The number of amides is 1. The SMILES string of the molecule is CCOC(=O)c1c(NC(=O)C(C)(C)CCl)oc(C)c1C(C)=O. The molecule has 0 bridgehead atoms. The second kappa shape index (κ2) is 6.96. The first kappa shape index (κ1) is 18.2. The number of ether oxygens (including phenoxy) is 1. The normalized spacial score (nSPS) is 11.2. The predicted octanol–water partition coefficient (Wildman–Crippen LogP) is 3.17. The topological polar surface area (TPSA) is 85.6 Å². The fourth-order valence-corrected chi connectivity index (χ4v) is 1.91. The van der Waals surface area contributed by atoms with E-state index in [0.29, 0.717) is 0 Å². The van der Waals surface area contributed by atoms with E-state index in [0.717, 1.165) is 0 Å². The van der Waals surface area contributed by atoms with Gasteiger partial charge in [0.15, 0.2) is 5.78 Å². The number of rotatable bonds is 6. The Morgan fingerprint density at radius 1 is 1.27 bits per heavy atom. The third-order valence-electron chi connectivity index (χ3n) is 3.09. The van der Waals surface area contributed by atoms with Gasteiger partial charge in [-0.15, -0.1) is 11.6 Å². The van der Waals surface area contributed by atoms with Crippen molar-refractivity contribution in [3.05, 3.63) is 16.9 Å². The van der Waals surface area contributed by atoms with Gasteiger partial charge in [0.05, 0.1) is 17.6 Å². The third kappa shape index (κ3) is 3.68. The van der Waals surface area contributed by atoms with Crippen LogP contribution in [0.15, 0.2) is 4.42 Å². The lowest BCUT2D eigenvalue weighted by atomic mass is 9.95. The highest BCUT2D eigenvalue weighted by Crippen LogP contribution is 2.30. The maximum Gasteiger partial charge on any atom is 0.344 e. The molecule has 122 valence electrons. The van der Waals surface area contributed by atoms with Crippen molar-refractivity contribution >= 4 is 35.1 Å². The molecule has 0 fully saturated rings. The molecule has 6 nitrogen and oxygen atoms in total. The molecule has 0 atom stereocenters. The van der Waals surface area contributed by atoms with E-state index in [2.05, 4.69) is 5.32 Å². The highest BCUT2D eigenvalue weighted by atomic mass is 35.5. The Morgan fingerprint density at radius 3 is 2.32 bits per heavy atom. The number of halogens is 1. The van der Waals surface area contributed by atoms with Crippen molar-refractivity contribution in [3.63, 3.8) is 0 Å². The van der Waals surface area contributed by atoms with Gasteiger partial charge in [-0.1, -0.05) is 0 Å². The van der Waals surface area contributed by atoms with Crippen LogP contribution in [-0.2, 0) is 9.53 Å². The van der Waals surface area contributed by atoms with Crippen molar-refractivity contribution in [2.24, 2.45) is 5.41 Å². The summed E-state index contributed by atoms with van der Waals surface area (Å²) in [5.41, 5.74) is -0.812. The van der Waals surface area contributed by atoms with Crippen LogP contribution in [0.4, 0.5) is 5.88 Å². The van der Waals surface area contributed by atoms with Gasteiger partial charge < -0.3 is 9.15 Å². The number of nitrogens with one attached hydrogen (secondary N) is 1. The molecule has 0 saturated carbocycles. The molecule has 7 heteroatoms. The van der Waals surface area contributed by atoms with Crippen LogP contribution < -0.4 is 5.32 Å². The van der Waals surface area contributed by atoms with Gasteiger partial charge in [-0.2, -0.15) is 0 Å². The van der Waals surface area contributed by atoms with Gasteiger partial charge in [-0.25, -0.2) is 4.79 Å². The highest BCUT2D eigenvalue weighted by molar-refractivity contribution is 6.20. The average molecular weight is 330 g/mol. The molecule has 0 aliphatic heterocycles. The van der Waals surface area contributed by atoms with Crippen LogP contribution in [0.25, 0.3) is 0 Å². The number of hydrogen-bond donors (Lipinski definition) is 1. The Labute approximate surface area is 134 Å². The van der Waals surface area contributed by atoms with E-state index < -0.39 is 17.3 Å². The van der Waals surface area contributed by atoms with Crippen LogP contribution >= 0.6 is 11.6 Å². The number of esters is 1. The van der Waals surface area contributed by atoms with Crippen molar-refractivity contribution in [1.29, 1.82) is 0 Å². The van der Waals surface area contributed by atoms with E-state index in [4.69, 9.17) is 20.8 Å². The Bertz CT molecular complexity index is 603. The minimum atomic E-state index is -0.857. The molecule has 1 aromatic rings. The van der Waals surface area contributed by atoms with Crippen LogP contribution in [0.1, 0.15) is 54.2 Å². The first-order chi connectivity index (χ1) is 10.2. The van der Waals surface area contributed by atoms with Crippen LogP contribution in [-0.4, -0.2) is 30.1 Å². The van der Waals surface area contributed by atoms with Gasteiger partial charge in [0.1, 0.15) is 11.3 Å². The number of ketones is 1. The number of carbonyl (C=O) groups is 3. The van der Waals surface area contributed by atoms with Gasteiger partial charge in [-0.05, 0) is 34.6 Å².